The smallest absolute Gasteiger partial charge is 0.466 e. The SMILES string of the molecule is CC1(C)OB(c2ccc3ncn(CCC(=O)OCC[Si](C)(C)C)c3c2)OC1(C)C. The zero-order chi connectivity index (χ0) is 21.4. The minimum atomic E-state index is -1.19. The van der Waals surface area contributed by atoms with E-state index in [2.05, 4.69) is 24.6 Å². The number of ether oxygens (including phenoxy) is 1. The van der Waals surface area contributed by atoms with Gasteiger partial charge in [-0.05, 0) is 51.3 Å². The van der Waals surface area contributed by atoms with Gasteiger partial charge in [0.2, 0.25) is 0 Å². The molecule has 3 rings (SSSR count). The molecule has 0 atom stereocenters. The molecule has 0 unspecified atom stereocenters. The second-order valence-electron chi connectivity index (χ2n) is 10.1. The summed E-state index contributed by atoms with van der Waals surface area (Å²) in [5.41, 5.74) is 2.04. The van der Waals surface area contributed by atoms with E-state index in [1.54, 1.807) is 6.33 Å². The molecule has 2 aromatic rings. The summed E-state index contributed by atoms with van der Waals surface area (Å²) < 4.78 is 19.7. The number of carbonyl (C=O) groups excluding carboxylic acids is 1. The molecule has 158 valence electrons. The molecule has 8 heteroatoms. The Morgan fingerprint density at radius 2 is 1.83 bits per heavy atom. The lowest BCUT2D eigenvalue weighted by Crippen LogP contribution is -2.41. The zero-order valence-electron chi connectivity index (χ0n) is 18.7. The van der Waals surface area contributed by atoms with Crippen molar-refractivity contribution in [3.8, 4) is 0 Å². The first-order chi connectivity index (χ1) is 13.4. The number of rotatable bonds is 7. The number of fused-ring (bicyclic) bond motifs is 1. The Labute approximate surface area is 175 Å². The van der Waals surface area contributed by atoms with E-state index in [0.29, 0.717) is 19.6 Å². The normalized spacial score (nSPS) is 18.4. The summed E-state index contributed by atoms with van der Waals surface area (Å²) in [6, 6.07) is 7.00. The van der Waals surface area contributed by atoms with Gasteiger partial charge in [-0.1, -0.05) is 25.7 Å². The highest BCUT2D eigenvalue weighted by Gasteiger charge is 2.51. The predicted molar refractivity (Wildman–Crippen MR) is 119 cm³/mol. The molecule has 29 heavy (non-hydrogen) atoms. The van der Waals surface area contributed by atoms with Crippen LogP contribution in [-0.4, -0.2) is 48.5 Å². The number of hydrogen-bond donors (Lipinski definition) is 0. The molecule has 1 aromatic heterocycles. The second kappa shape index (κ2) is 7.89. The zero-order valence-corrected chi connectivity index (χ0v) is 19.7. The van der Waals surface area contributed by atoms with Crippen LogP contribution < -0.4 is 5.46 Å². The molecule has 0 amide bonds. The van der Waals surface area contributed by atoms with Crippen molar-refractivity contribution in [2.75, 3.05) is 6.61 Å². The summed E-state index contributed by atoms with van der Waals surface area (Å²) >= 11 is 0. The van der Waals surface area contributed by atoms with Crippen molar-refractivity contribution in [3.63, 3.8) is 0 Å². The number of carbonyl (C=O) groups is 1. The molecular formula is C21H33BN2O4Si. The third-order valence-corrected chi connectivity index (χ3v) is 7.55. The summed E-state index contributed by atoms with van der Waals surface area (Å²) in [7, 11) is -1.61. The van der Waals surface area contributed by atoms with Gasteiger partial charge in [-0.2, -0.15) is 0 Å². The van der Waals surface area contributed by atoms with Crippen LogP contribution in [0, 0.1) is 0 Å². The highest BCUT2D eigenvalue weighted by molar-refractivity contribution is 6.76. The first-order valence-corrected chi connectivity index (χ1v) is 14.0. The van der Waals surface area contributed by atoms with Gasteiger partial charge in [0.25, 0.3) is 0 Å². The number of aromatic nitrogens is 2. The average molecular weight is 416 g/mol. The molecule has 0 saturated carbocycles. The molecule has 6 nitrogen and oxygen atoms in total. The summed E-state index contributed by atoms with van der Waals surface area (Å²) in [6.07, 6.45) is 2.10. The molecule has 1 aliphatic rings. The molecule has 1 aliphatic heterocycles. The van der Waals surface area contributed by atoms with E-state index in [-0.39, 0.29) is 17.2 Å². The highest BCUT2D eigenvalue weighted by Crippen LogP contribution is 2.36. The lowest BCUT2D eigenvalue weighted by molar-refractivity contribution is -0.143. The van der Waals surface area contributed by atoms with Gasteiger partial charge < -0.3 is 18.6 Å². The molecule has 1 aromatic carbocycles. The average Bonchev–Trinajstić information content (AvgIpc) is 3.09. The minimum Gasteiger partial charge on any atom is -0.466 e. The maximum atomic E-state index is 12.1. The van der Waals surface area contributed by atoms with Crippen molar-refractivity contribution in [1.29, 1.82) is 0 Å². The number of aryl methyl sites for hydroxylation is 1. The molecule has 0 spiro atoms. The molecule has 0 aliphatic carbocycles. The van der Waals surface area contributed by atoms with Crippen molar-refractivity contribution in [2.45, 2.75) is 77.5 Å². The van der Waals surface area contributed by atoms with E-state index in [1.165, 1.54) is 0 Å². The molecular weight excluding hydrogens is 383 g/mol. The van der Waals surface area contributed by atoms with Crippen LogP contribution in [0.4, 0.5) is 0 Å². The van der Waals surface area contributed by atoms with Crippen LogP contribution in [0.1, 0.15) is 34.1 Å². The topological polar surface area (TPSA) is 62.6 Å². The van der Waals surface area contributed by atoms with E-state index in [9.17, 15) is 4.79 Å². The van der Waals surface area contributed by atoms with Gasteiger partial charge in [-0.3, -0.25) is 4.79 Å². The predicted octanol–water partition coefficient (Wildman–Crippen LogP) is 3.61. The Balaban J connectivity index is 1.66. The van der Waals surface area contributed by atoms with Crippen LogP contribution in [0.25, 0.3) is 11.0 Å². The number of hydrogen-bond acceptors (Lipinski definition) is 5. The van der Waals surface area contributed by atoms with E-state index in [4.69, 9.17) is 14.0 Å². The maximum absolute atomic E-state index is 12.1. The van der Waals surface area contributed by atoms with Gasteiger partial charge >= 0.3 is 13.1 Å². The van der Waals surface area contributed by atoms with E-state index >= 15 is 0 Å². The molecule has 0 bridgehead atoms. The Kier molecular flexibility index (Phi) is 6.00. The standard InChI is InChI=1S/C21H33BN2O4Si/c1-20(2)21(3,4)28-22(27-20)16-8-9-17-18(14-16)24(15-23-17)11-10-19(25)26-12-13-29(5,6)7/h8-9,14-15H,10-13H2,1-7H3. The fourth-order valence-electron chi connectivity index (χ4n) is 3.13. The Bertz CT molecular complexity index is 872. The van der Waals surface area contributed by atoms with Crippen LogP contribution >= 0.6 is 0 Å². The number of benzene rings is 1. The summed E-state index contributed by atoms with van der Waals surface area (Å²) in [6.45, 7) is 16.1. The van der Waals surface area contributed by atoms with E-state index < -0.39 is 15.2 Å². The van der Waals surface area contributed by atoms with Crippen molar-refractivity contribution in [2.24, 2.45) is 0 Å². The second-order valence-corrected chi connectivity index (χ2v) is 15.7. The minimum absolute atomic E-state index is 0.160. The lowest BCUT2D eigenvalue weighted by Gasteiger charge is -2.32. The van der Waals surface area contributed by atoms with Crippen molar-refractivity contribution in [3.05, 3.63) is 24.5 Å². The highest BCUT2D eigenvalue weighted by atomic mass is 28.3. The Hall–Kier alpha value is -1.64. The summed E-state index contributed by atoms with van der Waals surface area (Å²) in [5.74, 6) is -0.160. The Morgan fingerprint density at radius 3 is 2.45 bits per heavy atom. The molecule has 0 radical (unpaired) electrons. The van der Waals surface area contributed by atoms with Crippen LogP contribution in [0.5, 0.6) is 0 Å². The summed E-state index contributed by atoms with van der Waals surface area (Å²) in [5, 5.41) is 0. The maximum Gasteiger partial charge on any atom is 0.494 e. The largest absolute Gasteiger partial charge is 0.494 e. The molecule has 1 fully saturated rings. The van der Waals surface area contributed by atoms with Crippen molar-refractivity contribution in [1.82, 2.24) is 9.55 Å². The third kappa shape index (κ3) is 5.10. The lowest BCUT2D eigenvalue weighted by atomic mass is 9.79. The van der Waals surface area contributed by atoms with Crippen molar-refractivity contribution >= 4 is 37.7 Å². The van der Waals surface area contributed by atoms with Gasteiger partial charge in [0.15, 0.2) is 0 Å². The number of esters is 1. The van der Waals surface area contributed by atoms with Crippen LogP contribution in [-0.2, 0) is 25.4 Å². The molecule has 1 saturated heterocycles. The fraction of sp³-hybridized carbons (Fsp3) is 0.619. The first kappa shape index (κ1) is 22.1. The van der Waals surface area contributed by atoms with E-state index in [0.717, 1.165) is 22.5 Å². The van der Waals surface area contributed by atoms with E-state index in [1.807, 2.05) is 50.5 Å². The Morgan fingerprint density at radius 1 is 1.17 bits per heavy atom. The van der Waals surface area contributed by atoms with Crippen LogP contribution in [0.15, 0.2) is 24.5 Å². The third-order valence-electron chi connectivity index (χ3n) is 5.84. The van der Waals surface area contributed by atoms with Gasteiger partial charge in [-0.15, -0.1) is 0 Å². The molecule has 0 N–H and O–H groups in total. The monoisotopic (exact) mass is 416 g/mol. The van der Waals surface area contributed by atoms with Gasteiger partial charge in [0.1, 0.15) is 0 Å². The van der Waals surface area contributed by atoms with Gasteiger partial charge in [0, 0.05) is 14.6 Å². The first-order valence-electron chi connectivity index (χ1n) is 10.3. The van der Waals surface area contributed by atoms with Crippen molar-refractivity contribution < 1.29 is 18.8 Å². The van der Waals surface area contributed by atoms with Crippen LogP contribution in [0.2, 0.25) is 25.7 Å². The fourth-order valence-corrected chi connectivity index (χ4v) is 3.85. The summed E-state index contributed by atoms with van der Waals surface area (Å²) in [4.78, 5) is 16.5. The quantitative estimate of drug-likeness (QED) is 0.510. The number of imidazole rings is 1. The van der Waals surface area contributed by atoms with Gasteiger partial charge in [0.05, 0.1) is 41.6 Å². The number of nitrogens with zero attached hydrogens (tertiary/aromatic N) is 2. The molecule has 2 heterocycles. The van der Waals surface area contributed by atoms with Crippen LogP contribution in [0.3, 0.4) is 0 Å². The van der Waals surface area contributed by atoms with Gasteiger partial charge in [-0.25, -0.2) is 4.98 Å².